The van der Waals surface area contributed by atoms with Gasteiger partial charge in [0.2, 0.25) is 0 Å². The molecule has 0 unspecified atom stereocenters. The molecule has 18 heavy (non-hydrogen) atoms. The Labute approximate surface area is 105 Å². The van der Waals surface area contributed by atoms with Crippen LogP contribution >= 0.6 is 0 Å². The summed E-state index contributed by atoms with van der Waals surface area (Å²) in [7, 11) is 0. The standard InChI is InChI=1S/C12H17FN2O3/c1-3-12(14,4-2)8-18-11-6-5-9(13)7-10(11)15(16)17/h5-7H,3-4,8,14H2,1-2H3. The highest BCUT2D eigenvalue weighted by molar-refractivity contribution is 5.46. The highest BCUT2D eigenvalue weighted by Gasteiger charge is 2.24. The fourth-order valence-electron chi connectivity index (χ4n) is 1.43. The molecule has 2 N–H and O–H groups in total. The van der Waals surface area contributed by atoms with E-state index in [1.807, 2.05) is 13.8 Å². The number of rotatable bonds is 6. The first-order chi connectivity index (χ1) is 8.41. The molecule has 6 heteroatoms. The van der Waals surface area contributed by atoms with Crippen molar-refractivity contribution in [2.75, 3.05) is 6.61 Å². The van der Waals surface area contributed by atoms with E-state index in [9.17, 15) is 14.5 Å². The molecule has 0 atom stereocenters. The number of nitrogens with zero attached hydrogens (tertiary/aromatic N) is 1. The van der Waals surface area contributed by atoms with Gasteiger partial charge < -0.3 is 10.5 Å². The number of ether oxygens (including phenoxy) is 1. The summed E-state index contributed by atoms with van der Waals surface area (Å²) >= 11 is 0. The SMILES string of the molecule is CCC(N)(CC)COc1ccc(F)cc1[N+](=O)[O-]. The predicted octanol–water partition coefficient (Wildman–Crippen LogP) is 2.63. The topological polar surface area (TPSA) is 78.4 Å². The first-order valence-corrected chi connectivity index (χ1v) is 5.77. The lowest BCUT2D eigenvalue weighted by Gasteiger charge is -2.26. The van der Waals surface area contributed by atoms with Crippen LogP contribution in [0.3, 0.4) is 0 Å². The monoisotopic (exact) mass is 256 g/mol. The third kappa shape index (κ3) is 3.40. The van der Waals surface area contributed by atoms with Gasteiger partial charge in [0.1, 0.15) is 12.4 Å². The van der Waals surface area contributed by atoms with Crippen LogP contribution in [0, 0.1) is 15.9 Å². The van der Waals surface area contributed by atoms with Gasteiger partial charge in [-0.25, -0.2) is 4.39 Å². The summed E-state index contributed by atoms with van der Waals surface area (Å²) in [6, 6.07) is 3.21. The van der Waals surface area contributed by atoms with E-state index in [0.717, 1.165) is 12.1 Å². The second kappa shape index (κ2) is 5.77. The molecule has 1 rings (SSSR count). The second-order valence-corrected chi connectivity index (χ2v) is 4.23. The number of nitrogens with two attached hydrogens (primary N) is 1. The van der Waals surface area contributed by atoms with Gasteiger partial charge in [-0.05, 0) is 25.0 Å². The van der Waals surface area contributed by atoms with E-state index in [2.05, 4.69) is 0 Å². The van der Waals surface area contributed by atoms with E-state index in [-0.39, 0.29) is 18.0 Å². The maximum absolute atomic E-state index is 12.9. The molecule has 5 nitrogen and oxygen atoms in total. The van der Waals surface area contributed by atoms with Crippen molar-refractivity contribution in [2.24, 2.45) is 5.73 Å². The third-order valence-electron chi connectivity index (χ3n) is 3.04. The minimum atomic E-state index is -0.672. The van der Waals surface area contributed by atoms with Gasteiger partial charge in [-0.3, -0.25) is 10.1 Å². The normalized spacial score (nSPS) is 11.3. The van der Waals surface area contributed by atoms with Gasteiger partial charge in [-0.2, -0.15) is 0 Å². The Morgan fingerprint density at radius 1 is 1.44 bits per heavy atom. The molecular formula is C12H17FN2O3. The number of nitro benzene ring substituents is 1. The summed E-state index contributed by atoms with van der Waals surface area (Å²) in [6.07, 6.45) is 1.39. The van der Waals surface area contributed by atoms with E-state index in [0.29, 0.717) is 12.8 Å². The number of hydrogen-bond acceptors (Lipinski definition) is 4. The molecule has 0 aliphatic heterocycles. The van der Waals surface area contributed by atoms with Gasteiger partial charge in [0.25, 0.3) is 0 Å². The molecule has 0 amide bonds. The van der Waals surface area contributed by atoms with Gasteiger partial charge in [0.05, 0.1) is 11.0 Å². The largest absolute Gasteiger partial charge is 0.485 e. The Kier molecular flexibility index (Phi) is 4.61. The lowest BCUT2D eigenvalue weighted by molar-refractivity contribution is -0.386. The van der Waals surface area contributed by atoms with Crippen LogP contribution in [0.25, 0.3) is 0 Å². The Bertz CT molecular complexity index is 433. The second-order valence-electron chi connectivity index (χ2n) is 4.23. The molecule has 1 aromatic carbocycles. The van der Waals surface area contributed by atoms with Crippen LogP contribution in [0.2, 0.25) is 0 Å². The van der Waals surface area contributed by atoms with Crippen LogP contribution < -0.4 is 10.5 Å². The van der Waals surface area contributed by atoms with Gasteiger partial charge in [0, 0.05) is 5.54 Å². The molecular weight excluding hydrogens is 239 g/mol. The molecule has 1 aromatic rings. The summed E-state index contributed by atoms with van der Waals surface area (Å²) in [5.74, 6) is -0.628. The van der Waals surface area contributed by atoms with Crippen molar-refractivity contribution in [1.82, 2.24) is 0 Å². The first kappa shape index (κ1) is 14.4. The maximum atomic E-state index is 12.9. The summed E-state index contributed by atoms with van der Waals surface area (Å²) in [4.78, 5) is 10.1. The van der Waals surface area contributed by atoms with Crippen molar-refractivity contribution in [2.45, 2.75) is 32.2 Å². The predicted molar refractivity (Wildman–Crippen MR) is 66.0 cm³/mol. The molecule has 0 heterocycles. The zero-order chi connectivity index (χ0) is 13.8. The van der Waals surface area contributed by atoms with Crippen LogP contribution in [0.15, 0.2) is 18.2 Å². The van der Waals surface area contributed by atoms with Crippen molar-refractivity contribution in [3.8, 4) is 5.75 Å². The Balaban J connectivity index is 2.88. The highest BCUT2D eigenvalue weighted by atomic mass is 19.1. The molecule has 0 saturated carbocycles. The lowest BCUT2D eigenvalue weighted by atomic mass is 9.96. The molecule has 0 bridgehead atoms. The minimum absolute atomic E-state index is 0.0399. The summed E-state index contributed by atoms with van der Waals surface area (Å²) in [5.41, 5.74) is 5.12. The lowest BCUT2D eigenvalue weighted by Crippen LogP contribution is -2.44. The van der Waals surface area contributed by atoms with Crippen molar-refractivity contribution in [3.63, 3.8) is 0 Å². The molecule has 0 saturated heterocycles. The van der Waals surface area contributed by atoms with E-state index >= 15 is 0 Å². The number of benzene rings is 1. The maximum Gasteiger partial charge on any atom is 0.313 e. The zero-order valence-electron chi connectivity index (χ0n) is 10.5. The van der Waals surface area contributed by atoms with Gasteiger partial charge in [-0.1, -0.05) is 13.8 Å². The van der Waals surface area contributed by atoms with Gasteiger partial charge in [0.15, 0.2) is 5.75 Å². The summed E-state index contributed by atoms with van der Waals surface area (Å²) in [6.45, 7) is 4.00. The Hall–Kier alpha value is -1.69. The number of nitro groups is 1. The Morgan fingerprint density at radius 3 is 2.56 bits per heavy atom. The summed E-state index contributed by atoms with van der Waals surface area (Å²) < 4.78 is 18.3. The Morgan fingerprint density at radius 2 is 2.06 bits per heavy atom. The quantitative estimate of drug-likeness (QED) is 0.626. The molecule has 0 fully saturated rings. The number of hydrogen-bond donors (Lipinski definition) is 1. The van der Waals surface area contributed by atoms with Crippen LogP contribution in [0.1, 0.15) is 26.7 Å². The van der Waals surface area contributed by atoms with Crippen LogP contribution in [0.4, 0.5) is 10.1 Å². The minimum Gasteiger partial charge on any atom is -0.485 e. The fraction of sp³-hybridized carbons (Fsp3) is 0.500. The summed E-state index contributed by atoms with van der Waals surface area (Å²) in [5, 5.41) is 10.8. The number of halogens is 1. The third-order valence-corrected chi connectivity index (χ3v) is 3.04. The highest BCUT2D eigenvalue weighted by Crippen LogP contribution is 2.28. The van der Waals surface area contributed by atoms with Crippen molar-refractivity contribution in [1.29, 1.82) is 0 Å². The zero-order valence-corrected chi connectivity index (χ0v) is 10.5. The van der Waals surface area contributed by atoms with Crippen LogP contribution in [-0.2, 0) is 0 Å². The van der Waals surface area contributed by atoms with E-state index in [4.69, 9.17) is 10.5 Å². The average Bonchev–Trinajstić information content (AvgIpc) is 2.36. The fourth-order valence-corrected chi connectivity index (χ4v) is 1.43. The molecule has 0 radical (unpaired) electrons. The first-order valence-electron chi connectivity index (χ1n) is 5.77. The smallest absolute Gasteiger partial charge is 0.313 e. The van der Waals surface area contributed by atoms with Crippen LogP contribution in [-0.4, -0.2) is 17.1 Å². The van der Waals surface area contributed by atoms with Crippen molar-refractivity contribution >= 4 is 5.69 Å². The van der Waals surface area contributed by atoms with Crippen molar-refractivity contribution in [3.05, 3.63) is 34.1 Å². The van der Waals surface area contributed by atoms with Gasteiger partial charge >= 0.3 is 5.69 Å². The average molecular weight is 256 g/mol. The molecule has 0 aliphatic rings. The van der Waals surface area contributed by atoms with E-state index < -0.39 is 16.3 Å². The van der Waals surface area contributed by atoms with Crippen LogP contribution in [0.5, 0.6) is 5.75 Å². The molecule has 0 aromatic heterocycles. The van der Waals surface area contributed by atoms with Gasteiger partial charge in [-0.15, -0.1) is 0 Å². The molecule has 0 spiro atoms. The molecule has 0 aliphatic carbocycles. The van der Waals surface area contributed by atoms with E-state index in [1.165, 1.54) is 6.07 Å². The van der Waals surface area contributed by atoms with Crippen molar-refractivity contribution < 1.29 is 14.1 Å². The molecule has 100 valence electrons. The van der Waals surface area contributed by atoms with E-state index in [1.54, 1.807) is 0 Å².